The molecule has 16 heavy (non-hydrogen) atoms. The molecule has 0 aliphatic carbocycles. The second kappa shape index (κ2) is 6.04. The molecule has 0 saturated carbocycles. The zero-order valence-corrected chi connectivity index (χ0v) is 10.1. The van der Waals surface area contributed by atoms with E-state index in [1.807, 2.05) is 0 Å². The molecular formula is C16H18. The van der Waals surface area contributed by atoms with Gasteiger partial charge >= 0.3 is 0 Å². The van der Waals surface area contributed by atoms with E-state index in [0.717, 1.165) is 36.8 Å². The van der Waals surface area contributed by atoms with Gasteiger partial charge in [0.15, 0.2) is 0 Å². The fraction of sp³-hybridized carbons (Fsp3) is 0.375. The Bertz CT molecular complexity index is 395. The van der Waals surface area contributed by atoms with Gasteiger partial charge in [0.1, 0.15) is 0 Å². The lowest BCUT2D eigenvalue weighted by molar-refractivity contribution is 0.898. The number of rotatable bonds is 4. The Morgan fingerprint density at radius 1 is 0.875 bits per heavy atom. The molecule has 0 aromatic heterocycles. The zero-order chi connectivity index (χ0) is 12.0. The minimum Gasteiger partial charge on any atom is -0.115 e. The van der Waals surface area contributed by atoms with Crippen molar-refractivity contribution in [1.29, 1.82) is 0 Å². The largest absolute Gasteiger partial charge is 0.115 e. The summed E-state index contributed by atoms with van der Waals surface area (Å²) in [5.41, 5.74) is 4.42. The van der Waals surface area contributed by atoms with Gasteiger partial charge < -0.3 is 0 Å². The van der Waals surface area contributed by atoms with E-state index < -0.39 is 0 Å². The lowest BCUT2D eigenvalue weighted by Crippen LogP contribution is -1.97. The summed E-state index contributed by atoms with van der Waals surface area (Å²) in [6, 6.07) is 4.17. The highest BCUT2D eigenvalue weighted by Gasteiger charge is 2.06. The van der Waals surface area contributed by atoms with Gasteiger partial charge in [0.2, 0.25) is 0 Å². The van der Waals surface area contributed by atoms with E-state index in [1.165, 1.54) is 11.1 Å². The molecule has 1 aromatic rings. The van der Waals surface area contributed by atoms with Crippen LogP contribution in [0.25, 0.3) is 0 Å². The van der Waals surface area contributed by atoms with Crippen LogP contribution in [0.3, 0.4) is 0 Å². The van der Waals surface area contributed by atoms with Crippen molar-refractivity contribution in [2.75, 3.05) is 0 Å². The Morgan fingerprint density at radius 2 is 1.25 bits per heavy atom. The van der Waals surface area contributed by atoms with Crippen LogP contribution in [0.1, 0.15) is 48.9 Å². The lowest BCUT2D eigenvalue weighted by Gasteiger charge is -2.09. The van der Waals surface area contributed by atoms with Crippen LogP contribution in [-0.4, -0.2) is 0 Å². The molecule has 0 nitrogen and oxygen atoms in total. The number of benzene rings is 1. The van der Waals surface area contributed by atoms with Crippen molar-refractivity contribution in [3.8, 4) is 24.7 Å². The maximum Gasteiger partial charge on any atom is 0.0278 e. The van der Waals surface area contributed by atoms with E-state index in [0.29, 0.717) is 0 Å². The molecule has 0 heteroatoms. The summed E-state index contributed by atoms with van der Waals surface area (Å²) >= 11 is 0. The van der Waals surface area contributed by atoms with Crippen molar-refractivity contribution in [2.24, 2.45) is 0 Å². The topological polar surface area (TPSA) is 0 Å². The van der Waals surface area contributed by atoms with Gasteiger partial charge in [0.25, 0.3) is 0 Å². The number of hydrogen-bond acceptors (Lipinski definition) is 0. The summed E-state index contributed by atoms with van der Waals surface area (Å²) in [6.45, 7) is 4.30. The Labute approximate surface area is 99.1 Å². The van der Waals surface area contributed by atoms with Gasteiger partial charge in [0.05, 0.1) is 0 Å². The van der Waals surface area contributed by atoms with Gasteiger partial charge in [-0.05, 0) is 36.1 Å². The highest BCUT2D eigenvalue weighted by atomic mass is 14.1. The molecule has 0 radical (unpaired) electrons. The van der Waals surface area contributed by atoms with Crippen LogP contribution >= 0.6 is 0 Å². The molecular weight excluding hydrogens is 192 g/mol. The second-order valence-electron chi connectivity index (χ2n) is 3.96. The second-order valence-corrected chi connectivity index (χ2v) is 3.96. The smallest absolute Gasteiger partial charge is 0.0278 e. The molecule has 0 fully saturated rings. The molecule has 1 rings (SSSR count). The van der Waals surface area contributed by atoms with Crippen molar-refractivity contribution < 1.29 is 0 Å². The molecule has 0 N–H and O–H groups in total. The molecule has 0 heterocycles. The first-order valence-electron chi connectivity index (χ1n) is 5.85. The minimum absolute atomic E-state index is 1.00. The third kappa shape index (κ3) is 2.68. The van der Waals surface area contributed by atoms with Crippen LogP contribution in [0.2, 0.25) is 0 Å². The molecule has 1 aromatic carbocycles. The minimum atomic E-state index is 1.00. The van der Waals surface area contributed by atoms with Crippen molar-refractivity contribution in [3.05, 3.63) is 34.4 Å². The summed E-state index contributed by atoms with van der Waals surface area (Å²) < 4.78 is 0. The molecule has 0 unspecified atom stereocenters. The summed E-state index contributed by atoms with van der Waals surface area (Å²) in [7, 11) is 0. The standard InChI is InChI=1S/C16H18/c1-5-9-15-11-14(8-4)16(10-6-2)12-13(15)7-3/h3-4,11-12H,5-6,9-10H2,1-2H3. The molecule has 0 aliphatic heterocycles. The maximum absolute atomic E-state index is 5.54. The van der Waals surface area contributed by atoms with Crippen LogP contribution in [-0.2, 0) is 12.8 Å². The highest BCUT2D eigenvalue weighted by Crippen LogP contribution is 2.19. The van der Waals surface area contributed by atoms with Crippen LogP contribution in [0.5, 0.6) is 0 Å². The Morgan fingerprint density at radius 3 is 1.50 bits per heavy atom. The van der Waals surface area contributed by atoms with Gasteiger partial charge in [0, 0.05) is 11.1 Å². The average Bonchev–Trinajstić information content (AvgIpc) is 2.31. The third-order valence-corrected chi connectivity index (χ3v) is 2.68. The quantitative estimate of drug-likeness (QED) is 0.667. The van der Waals surface area contributed by atoms with Crippen LogP contribution in [0, 0.1) is 24.7 Å². The summed E-state index contributed by atoms with van der Waals surface area (Å²) in [6.07, 6.45) is 15.3. The fourth-order valence-corrected chi connectivity index (χ4v) is 1.91. The third-order valence-electron chi connectivity index (χ3n) is 2.68. The maximum atomic E-state index is 5.54. The molecule has 0 spiro atoms. The van der Waals surface area contributed by atoms with E-state index in [-0.39, 0.29) is 0 Å². The summed E-state index contributed by atoms with van der Waals surface area (Å²) in [4.78, 5) is 0. The molecule has 0 atom stereocenters. The highest BCUT2D eigenvalue weighted by molar-refractivity contribution is 5.51. The van der Waals surface area contributed by atoms with Crippen molar-refractivity contribution in [1.82, 2.24) is 0 Å². The summed E-state index contributed by atoms with van der Waals surface area (Å²) in [5, 5.41) is 0. The summed E-state index contributed by atoms with van der Waals surface area (Å²) in [5.74, 6) is 5.52. The molecule has 0 bridgehead atoms. The molecule has 0 aliphatic rings. The van der Waals surface area contributed by atoms with Crippen LogP contribution < -0.4 is 0 Å². The number of aryl methyl sites for hydroxylation is 2. The van der Waals surface area contributed by atoms with Crippen molar-refractivity contribution >= 4 is 0 Å². The van der Waals surface area contributed by atoms with E-state index in [4.69, 9.17) is 12.8 Å². The predicted molar refractivity (Wildman–Crippen MR) is 70.3 cm³/mol. The predicted octanol–water partition coefficient (Wildman–Crippen LogP) is 3.55. The average molecular weight is 210 g/mol. The van der Waals surface area contributed by atoms with Gasteiger partial charge in [-0.1, -0.05) is 38.5 Å². The van der Waals surface area contributed by atoms with E-state index in [9.17, 15) is 0 Å². The van der Waals surface area contributed by atoms with Crippen molar-refractivity contribution in [3.63, 3.8) is 0 Å². The van der Waals surface area contributed by atoms with Crippen molar-refractivity contribution in [2.45, 2.75) is 39.5 Å². The van der Waals surface area contributed by atoms with E-state index in [2.05, 4.69) is 37.8 Å². The Kier molecular flexibility index (Phi) is 4.68. The Hall–Kier alpha value is -1.66. The van der Waals surface area contributed by atoms with Gasteiger partial charge in [-0.3, -0.25) is 0 Å². The SMILES string of the molecule is C#Cc1cc(CCC)c(C#C)cc1CCC. The van der Waals surface area contributed by atoms with Crippen LogP contribution in [0.4, 0.5) is 0 Å². The number of hydrogen-bond donors (Lipinski definition) is 0. The zero-order valence-electron chi connectivity index (χ0n) is 10.1. The molecule has 0 saturated heterocycles. The first-order valence-corrected chi connectivity index (χ1v) is 5.85. The lowest BCUT2D eigenvalue weighted by atomic mass is 9.94. The van der Waals surface area contributed by atoms with E-state index in [1.54, 1.807) is 0 Å². The monoisotopic (exact) mass is 210 g/mol. The van der Waals surface area contributed by atoms with Gasteiger partial charge in [-0.25, -0.2) is 0 Å². The number of terminal acetylenes is 2. The first kappa shape index (κ1) is 12.4. The normalized spacial score (nSPS) is 9.50. The first-order chi connectivity index (χ1) is 7.76. The Balaban J connectivity index is 3.25. The van der Waals surface area contributed by atoms with Gasteiger partial charge in [-0.2, -0.15) is 0 Å². The molecule has 82 valence electrons. The van der Waals surface area contributed by atoms with Gasteiger partial charge in [-0.15, -0.1) is 12.8 Å². The van der Waals surface area contributed by atoms with Crippen LogP contribution in [0.15, 0.2) is 12.1 Å². The fourth-order valence-electron chi connectivity index (χ4n) is 1.91. The molecule has 0 amide bonds. The van der Waals surface area contributed by atoms with E-state index >= 15 is 0 Å².